The minimum Gasteiger partial charge on any atom is -0.486 e. The number of hydrogen-bond acceptors (Lipinski definition) is 5. The molecule has 5 nitrogen and oxygen atoms in total. The standard InChI is InChI=1S/C16H23NO4S2/c18-23(19,17-8-11-22-13-4-2-1-3-5-13)14-6-7-15-16(12-14)21-10-9-20-15/h6-7,12-13,17H,1-5,8-11H2. The summed E-state index contributed by atoms with van der Waals surface area (Å²) in [6, 6.07) is 4.75. The lowest BCUT2D eigenvalue weighted by Crippen LogP contribution is -2.27. The number of benzene rings is 1. The fraction of sp³-hybridized carbons (Fsp3) is 0.625. The number of thioether (sulfide) groups is 1. The van der Waals surface area contributed by atoms with E-state index in [1.165, 1.54) is 38.2 Å². The normalized spacial score (nSPS) is 18.8. The maximum atomic E-state index is 12.4. The smallest absolute Gasteiger partial charge is 0.240 e. The van der Waals surface area contributed by atoms with Crippen LogP contribution in [0.1, 0.15) is 32.1 Å². The molecule has 1 aliphatic heterocycles. The topological polar surface area (TPSA) is 64.6 Å². The average Bonchev–Trinajstić information content (AvgIpc) is 2.59. The Morgan fingerprint density at radius 1 is 1.09 bits per heavy atom. The number of ether oxygens (including phenoxy) is 2. The molecule has 0 radical (unpaired) electrons. The molecule has 1 heterocycles. The van der Waals surface area contributed by atoms with Crippen LogP contribution in [0.5, 0.6) is 11.5 Å². The van der Waals surface area contributed by atoms with E-state index in [1.807, 2.05) is 11.8 Å². The third-order valence-electron chi connectivity index (χ3n) is 4.12. The second-order valence-corrected chi connectivity index (χ2v) is 9.01. The van der Waals surface area contributed by atoms with Gasteiger partial charge in [-0.25, -0.2) is 13.1 Å². The third kappa shape index (κ3) is 4.55. The molecule has 0 bridgehead atoms. The Hall–Kier alpha value is -0.920. The summed E-state index contributed by atoms with van der Waals surface area (Å²) in [6.45, 7) is 1.40. The van der Waals surface area contributed by atoms with Crippen molar-refractivity contribution < 1.29 is 17.9 Å². The summed E-state index contributed by atoms with van der Waals surface area (Å²) in [5.41, 5.74) is 0. The van der Waals surface area contributed by atoms with Crippen molar-refractivity contribution in [2.45, 2.75) is 42.2 Å². The van der Waals surface area contributed by atoms with Gasteiger partial charge in [-0.15, -0.1) is 0 Å². The Morgan fingerprint density at radius 3 is 2.61 bits per heavy atom. The van der Waals surface area contributed by atoms with Gasteiger partial charge in [0.15, 0.2) is 11.5 Å². The van der Waals surface area contributed by atoms with Gasteiger partial charge < -0.3 is 9.47 Å². The first-order chi connectivity index (χ1) is 11.1. The van der Waals surface area contributed by atoms with Crippen LogP contribution < -0.4 is 14.2 Å². The fourth-order valence-electron chi connectivity index (χ4n) is 2.91. The molecule has 0 amide bonds. The number of hydrogen-bond donors (Lipinski definition) is 1. The van der Waals surface area contributed by atoms with Gasteiger partial charge in [0.2, 0.25) is 10.0 Å². The Balaban J connectivity index is 1.52. The molecular weight excluding hydrogens is 334 g/mol. The van der Waals surface area contributed by atoms with Gasteiger partial charge in [-0.3, -0.25) is 0 Å². The second kappa shape index (κ2) is 7.77. The van der Waals surface area contributed by atoms with Crippen molar-refractivity contribution >= 4 is 21.8 Å². The molecular formula is C16H23NO4S2. The summed E-state index contributed by atoms with van der Waals surface area (Å²) >= 11 is 1.88. The van der Waals surface area contributed by atoms with Crippen LogP contribution in [0, 0.1) is 0 Å². The first kappa shape index (κ1) is 16.9. The lowest BCUT2D eigenvalue weighted by molar-refractivity contribution is 0.171. The molecule has 2 aliphatic rings. The monoisotopic (exact) mass is 357 g/mol. The van der Waals surface area contributed by atoms with E-state index in [-0.39, 0.29) is 4.90 Å². The van der Waals surface area contributed by atoms with Crippen molar-refractivity contribution in [1.29, 1.82) is 0 Å². The molecule has 128 valence electrons. The van der Waals surface area contributed by atoms with Crippen LogP contribution in [0.3, 0.4) is 0 Å². The minimum absolute atomic E-state index is 0.226. The third-order valence-corrected chi connectivity index (χ3v) is 6.97. The van der Waals surface area contributed by atoms with Gasteiger partial charge in [-0.05, 0) is 25.0 Å². The zero-order valence-electron chi connectivity index (χ0n) is 13.1. The summed E-state index contributed by atoms with van der Waals surface area (Å²) in [5, 5.41) is 0.697. The van der Waals surface area contributed by atoms with Crippen molar-refractivity contribution in [2.75, 3.05) is 25.5 Å². The molecule has 0 saturated heterocycles. The van der Waals surface area contributed by atoms with Gasteiger partial charge in [-0.1, -0.05) is 19.3 Å². The first-order valence-corrected chi connectivity index (χ1v) is 10.7. The van der Waals surface area contributed by atoms with Gasteiger partial charge >= 0.3 is 0 Å². The molecule has 0 spiro atoms. The zero-order valence-corrected chi connectivity index (χ0v) is 14.8. The summed E-state index contributed by atoms with van der Waals surface area (Å²) in [4.78, 5) is 0.226. The van der Waals surface area contributed by atoms with E-state index in [1.54, 1.807) is 12.1 Å². The van der Waals surface area contributed by atoms with Crippen LogP contribution in [0.4, 0.5) is 0 Å². The molecule has 0 unspecified atom stereocenters. The van der Waals surface area contributed by atoms with Crippen LogP contribution in [0.2, 0.25) is 0 Å². The quantitative estimate of drug-likeness (QED) is 0.793. The van der Waals surface area contributed by atoms with E-state index in [2.05, 4.69) is 4.72 Å². The molecule has 23 heavy (non-hydrogen) atoms. The molecule has 1 fully saturated rings. The van der Waals surface area contributed by atoms with Gasteiger partial charge in [0.1, 0.15) is 13.2 Å². The zero-order chi connectivity index (χ0) is 16.1. The Morgan fingerprint density at radius 2 is 1.83 bits per heavy atom. The Labute approximate surface area is 142 Å². The van der Waals surface area contributed by atoms with Crippen LogP contribution in [0.25, 0.3) is 0 Å². The molecule has 1 aromatic rings. The maximum absolute atomic E-state index is 12.4. The highest BCUT2D eigenvalue weighted by Crippen LogP contribution is 2.32. The van der Waals surface area contributed by atoms with Crippen LogP contribution in [-0.4, -0.2) is 39.2 Å². The first-order valence-electron chi connectivity index (χ1n) is 8.16. The molecule has 1 aromatic carbocycles. The van der Waals surface area contributed by atoms with E-state index >= 15 is 0 Å². The van der Waals surface area contributed by atoms with Gasteiger partial charge in [0.25, 0.3) is 0 Å². The predicted molar refractivity (Wildman–Crippen MR) is 92.0 cm³/mol. The SMILES string of the molecule is O=S(=O)(NCCSC1CCCCC1)c1ccc2c(c1)OCCO2. The second-order valence-electron chi connectivity index (χ2n) is 5.83. The molecule has 1 saturated carbocycles. The lowest BCUT2D eigenvalue weighted by atomic mass is 10.0. The number of sulfonamides is 1. The molecule has 0 aromatic heterocycles. The fourth-order valence-corrected chi connectivity index (χ4v) is 5.30. The van der Waals surface area contributed by atoms with Gasteiger partial charge in [-0.2, -0.15) is 11.8 Å². The van der Waals surface area contributed by atoms with E-state index in [0.717, 1.165) is 5.75 Å². The summed E-state index contributed by atoms with van der Waals surface area (Å²) in [7, 11) is -3.50. The van der Waals surface area contributed by atoms with Crippen LogP contribution in [-0.2, 0) is 10.0 Å². The summed E-state index contributed by atoms with van der Waals surface area (Å²) in [5.74, 6) is 1.91. The van der Waals surface area contributed by atoms with Crippen LogP contribution >= 0.6 is 11.8 Å². The number of fused-ring (bicyclic) bond motifs is 1. The predicted octanol–water partition coefficient (Wildman–Crippen LogP) is 2.80. The molecule has 1 N–H and O–H groups in total. The number of rotatable bonds is 6. The molecule has 1 aliphatic carbocycles. The van der Waals surface area contributed by atoms with Crippen molar-refractivity contribution in [3.8, 4) is 11.5 Å². The van der Waals surface area contributed by atoms with Crippen molar-refractivity contribution in [1.82, 2.24) is 4.72 Å². The van der Waals surface area contributed by atoms with E-state index in [9.17, 15) is 8.42 Å². The number of nitrogens with one attached hydrogen (secondary N) is 1. The highest BCUT2D eigenvalue weighted by atomic mass is 32.2. The van der Waals surface area contributed by atoms with Gasteiger partial charge in [0, 0.05) is 23.6 Å². The van der Waals surface area contributed by atoms with E-state index in [0.29, 0.717) is 36.5 Å². The van der Waals surface area contributed by atoms with Crippen molar-refractivity contribution in [3.63, 3.8) is 0 Å². The lowest BCUT2D eigenvalue weighted by Gasteiger charge is -2.21. The molecule has 3 rings (SSSR count). The highest BCUT2D eigenvalue weighted by molar-refractivity contribution is 8.00. The van der Waals surface area contributed by atoms with E-state index in [4.69, 9.17) is 9.47 Å². The average molecular weight is 357 g/mol. The van der Waals surface area contributed by atoms with Crippen LogP contribution in [0.15, 0.2) is 23.1 Å². The molecule has 7 heteroatoms. The van der Waals surface area contributed by atoms with E-state index < -0.39 is 10.0 Å². The summed E-state index contributed by atoms with van der Waals surface area (Å²) < 4.78 is 38.2. The highest BCUT2D eigenvalue weighted by Gasteiger charge is 2.19. The largest absolute Gasteiger partial charge is 0.486 e. The Kier molecular flexibility index (Phi) is 5.71. The summed E-state index contributed by atoms with van der Waals surface area (Å²) in [6.07, 6.45) is 6.48. The van der Waals surface area contributed by atoms with Crippen molar-refractivity contribution in [3.05, 3.63) is 18.2 Å². The van der Waals surface area contributed by atoms with Gasteiger partial charge in [0.05, 0.1) is 4.90 Å². The maximum Gasteiger partial charge on any atom is 0.240 e. The Bertz CT molecular complexity index is 627. The van der Waals surface area contributed by atoms with Crippen molar-refractivity contribution in [2.24, 2.45) is 0 Å². The minimum atomic E-state index is -3.50. The molecule has 0 atom stereocenters.